The Balaban J connectivity index is 1.82. The number of hydrogen-bond donors (Lipinski definition) is 0. The lowest BCUT2D eigenvalue weighted by atomic mass is 10.1. The van der Waals surface area contributed by atoms with Crippen molar-refractivity contribution in [1.82, 2.24) is 0 Å². The second kappa shape index (κ2) is 7.52. The van der Waals surface area contributed by atoms with Crippen molar-refractivity contribution in [3.8, 4) is 0 Å². The summed E-state index contributed by atoms with van der Waals surface area (Å²) in [5.74, 6) is -0.0706. The van der Waals surface area contributed by atoms with E-state index in [1.807, 2.05) is 55.5 Å². The van der Waals surface area contributed by atoms with Crippen LogP contribution in [0.3, 0.4) is 0 Å². The first-order valence-electron chi connectivity index (χ1n) is 8.74. The van der Waals surface area contributed by atoms with Crippen LogP contribution < -0.4 is 4.90 Å². The Labute approximate surface area is 171 Å². The number of amides is 1. The van der Waals surface area contributed by atoms with Crippen LogP contribution >= 0.6 is 15.9 Å². The van der Waals surface area contributed by atoms with E-state index in [-0.39, 0.29) is 11.7 Å². The average molecular weight is 435 g/mol. The van der Waals surface area contributed by atoms with Crippen molar-refractivity contribution < 1.29 is 9.18 Å². The van der Waals surface area contributed by atoms with Gasteiger partial charge in [0.2, 0.25) is 0 Å². The van der Waals surface area contributed by atoms with Crippen LogP contribution in [0.15, 0.2) is 88.0 Å². The number of halogens is 2. The number of carbonyl (C=O) groups is 1. The van der Waals surface area contributed by atoms with Crippen molar-refractivity contribution in [2.75, 3.05) is 4.90 Å². The van der Waals surface area contributed by atoms with Gasteiger partial charge < -0.3 is 0 Å². The maximum atomic E-state index is 13.4. The molecule has 0 saturated heterocycles. The molecule has 0 aliphatic carbocycles. The van der Waals surface area contributed by atoms with Crippen LogP contribution in [0.1, 0.15) is 16.7 Å². The van der Waals surface area contributed by atoms with Gasteiger partial charge in [0.25, 0.3) is 5.91 Å². The summed E-state index contributed by atoms with van der Waals surface area (Å²) in [6.07, 6.45) is 1.75. The molecule has 0 radical (unpaired) electrons. The maximum Gasteiger partial charge on any atom is 0.282 e. The molecular formula is C23H16BrFN2O. The number of aryl methyl sites for hydroxylation is 1. The summed E-state index contributed by atoms with van der Waals surface area (Å²) >= 11 is 3.44. The van der Waals surface area contributed by atoms with Gasteiger partial charge in [0.15, 0.2) is 0 Å². The fourth-order valence-corrected chi connectivity index (χ4v) is 3.41. The van der Waals surface area contributed by atoms with E-state index in [1.165, 1.54) is 12.1 Å². The van der Waals surface area contributed by atoms with Crippen molar-refractivity contribution in [3.63, 3.8) is 0 Å². The topological polar surface area (TPSA) is 32.7 Å². The van der Waals surface area contributed by atoms with Gasteiger partial charge in [-0.3, -0.25) is 9.69 Å². The van der Waals surface area contributed by atoms with Gasteiger partial charge in [0, 0.05) is 10.0 Å². The van der Waals surface area contributed by atoms with Gasteiger partial charge in [-0.15, -0.1) is 0 Å². The van der Waals surface area contributed by atoms with Crippen molar-refractivity contribution in [1.29, 1.82) is 0 Å². The molecule has 138 valence electrons. The van der Waals surface area contributed by atoms with Gasteiger partial charge in [0.05, 0.1) is 5.69 Å². The van der Waals surface area contributed by atoms with E-state index in [9.17, 15) is 9.18 Å². The van der Waals surface area contributed by atoms with Crippen molar-refractivity contribution >= 4 is 39.4 Å². The Morgan fingerprint density at radius 3 is 2.39 bits per heavy atom. The van der Waals surface area contributed by atoms with Crippen LogP contribution in [-0.2, 0) is 4.79 Å². The predicted octanol–water partition coefficient (Wildman–Crippen LogP) is 5.73. The number of carbonyl (C=O) groups excluding carboxylic acids is 1. The van der Waals surface area contributed by atoms with Crippen molar-refractivity contribution in [2.24, 2.45) is 4.99 Å². The summed E-state index contributed by atoms with van der Waals surface area (Å²) in [6, 6.07) is 21.3. The van der Waals surface area contributed by atoms with Gasteiger partial charge in [-0.05, 0) is 67.1 Å². The number of aliphatic imine (C=N–C) groups is 1. The predicted molar refractivity (Wildman–Crippen MR) is 114 cm³/mol. The Morgan fingerprint density at radius 2 is 1.71 bits per heavy atom. The normalized spacial score (nSPS) is 15.2. The number of anilines is 1. The first kappa shape index (κ1) is 18.3. The molecule has 3 aromatic carbocycles. The Bertz CT molecular complexity index is 1100. The molecule has 0 unspecified atom stereocenters. The lowest BCUT2D eigenvalue weighted by molar-refractivity contribution is -0.113. The van der Waals surface area contributed by atoms with E-state index in [2.05, 4.69) is 20.9 Å². The quantitative estimate of drug-likeness (QED) is 0.484. The third kappa shape index (κ3) is 3.66. The van der Waals surface area contributed by atoms with Gasteiger partial charge in [-0.1, -0.05) is 45.8 Å². The minimum Gasteiger partial charge on any atom is -0.266 e. The molecule has 0 N–H and O–H groups in total. The first-order chi connectivity index (χ1) is 13.5. The largest absolute Gasteiger partial charge is 0.282 e. The van der Waals surface area contributed by atoms with E-state index in [1.54, 1.807) is 23.1 Å². The highest BCUT2D eigenvalue weighted by molar-refractivity contribution is 9.10. The van der Waals surface area contributed by atoms with Gasteiger partial charge >= 0.3 is 0 Å². The summed E-state index contributed by atoms with van der Waals surface area (Å²) in [4.78, 5) is 19.3. The Kier molecular flexibility index (Phi) is 4.92. The van der Waals surface area contributed by atoms with Crippen molar-refractivity contribution in [2.45, 2.75) is 6.92 Å². The van der Waals surface area contributed by atoms with Crippen LogP contribution in [0.2, 0.25) is 0 Å². The highest BCUT2D eigenvalue weighted by Gasteiger charge is 2.32. The van der Waals surface area contributed by atoms with Gasteiger partial charge in [0.1, 0.15) is 17.3 Å². The molecule has 3 aromatic rings. The van der Waals surface area contributed by atoms with Crippen LogP contribution in [-0.4, -0.2) is 11.7 Å². The lowest BCUT2D eigenvalue weighted by Gasteiger charge is -2.18. The first-order valence-corrected chi connectivity index (χ1v) is 9.53. The number of amidine groups is 1. The summed E-state index contributed by atoms with van der Waals surface area (Å²) < 4.78 is 14.3. The van der Waals surface area contributed by atoms with Crippen LogP contribution in [0.5, 0.6) is 0 Å². The molecule has 1 aliphatic heterocycles. The molecule has 0 atom stereocenters. The second-order valence-corrected chi connectivity index (χ2v) is 7.42. The summed E-state index contributed by atoms with van der Waals surface area (Å²) in [5, 5.41) is 0. The number of benzene rings is 3. The molecule has 0 fully saturated rings. The Hall–Kier alpha value is -3.05. The second-order valence-electron chi connectivity index (χ2n) is 6.50. The fourth-order valence-electron chi connectivity index (χ4n) is 3.00. The minimum absolute atomic E-state index is 0.219. The third-order valence-electron chi connectivity index (χ3n) is 4.41. The molecule has 1 amide bonds. The average Bonchev–Trinajstić information content (AvgIpc) is 2.99. The van der Waals surface area contributed by atoms with Crippen LogP contribution in [0.4, 0.5) is 10.1 Å². The highest BCUT2D eigenvalue weighted by Crippen LogP contribution is 2.28. The van der Waals surface area contributed by atoms with E-state index >= 15 is 0 Å². The van der Waals surface area contributed by atoms with Crippen molar-refractivity contribution in [3.05, 3.63) is 105 Å². The summed E-state index contributed by atoms with van der Waals surface area (Å²) in [6.45, 7) is 1.99. The number of nitrogens with zero attached hydrogens (tertiary/aromatic N) is 2. The van der Waals surface area contributed by atoms with Gasteiger partial charge in [-0.25, -0.2) is 9.38 Å². The van der Waals surface area contributed by atoms with E-state index in [0.717, 1.165) is 21.3 Å². The maximum absolute atomic E-state index is 13.4. The molecule has 1 aliphatic rings. The van der Waals surface area contributed by atoms with Crippen LogP contribution in [0.25, 0.3) is 6.08 Å². The standard InChI is InChI=1S/C23H16BrFN2O/c1-15-5-11-20(12-6-15)27-22(17-7-9-19(25)10-8-17)26-21(23(27)28)14-16-3-2-4-18(24)13-16/h2-14H,1H3/b21-14+. The molecular weight excluding hydrogens is 419 g/mol. The number of hydrogen-bond acceptors (Lipinski definition) is 2. The molecule has 1 heterocycles. The molecule has 0 spiro atoms. The molecule has 0 saturated carbocycles. The molecule has 0 aromatic heterocycles. The highest BCUT2D eigenvalue weighted by atomic mass is 79.9. The van der Waals surface area contributed by atoms with E-state index in [0.29, 0.717) is 17.1 Å². The lowest BCUT2D eigenvalue weighted by Crippen LogP contribution is -2.32. The molecule has 3 nitrogen and oxygen atoms in total. The summed E-state index contributed by atoms with van der Waals surface area (Å²) in [7, 11) is 0. The SMILES string of the molecule is Cc1ccc(N2C(=O)/C(=C\c3cccc(Br)c3)N=C2c2ccc(F)cc2)cc1. The molecule has 28 heavy (non-hydrogen) atoms. The van der Waals surface area contributed by atoms with E-state index < -0.39 is 0 Å². The fraction of sp³-hybridized carbons (Fsp3) is 0.0435. The zero-order valence-electron chi connectivity index (χ0n) is 15.1. The Morgan fingerprint density at radius 1 is 1.00 bits per heavy atom. The van der Waals surface area contributed by atoms with E-state index in [4.69, 9.17) is 0 Å². The monoisotopic (exact) mass is 434 g/mol. The van der Waals surface area contributed by atoms with Gasteiger partial charge in [-0.2, -0.15) is 0 Å². The molecule has 4 rings (SSSR count). The van der Waals surface area contributed by atoms with Crippen LogP contribution in [0, 0.1) is 12.7 Å². The third-order valence-corrected chi connectivity index (χ3v) is 4.90. The summed E-state index contributed by atoms with van der Waals surface area (Å²) in [5.41, 5.74) is 3.69. The molecule has 5 heteroatoms. The molecule has 0 bridgehead atoms. The smallest absolute Gasteiger partial charge is 0.266 e. The number of rotatable bonds is 3. The zero-order chi connectivity index (χ0) is 19.7. The zero-order valence-corrected chi connectivity index (χ0v) is 16.7. The minimum atomic E-state index is -0.333.